The predicted molar refractivity (Wildman–Crippen MR) is 47.3 cm³/mol. The predicted octanol–water partition coefficient (Wildman–Crippen LogP) is -2.11. The molecule has 0 saturated carbocycles. The Kier molecular flexibility index (Phi) is 116. The summed E-state index contributed by atoms with van der Waals surface area (Å²) >= 11 is 0. The number of rotatable bonds is 2. The van der Waals surface area contributed by atoms with Crippen LogP contribution in [0, 0.1) is 13.8 Å². The smallest absolute Gasteiger partial charge is 0.343 e. The molecule has 0 spiro atoms. The van der Waals surface area contributed by atoms with Crippen molar-refractivity contribution in [2.75, 3.05) is 0 Å². The summed E-state index contributed by atoms with van der Waals surface area (Å²) in [6, 6.07) is 0. The Bertz CT molecular complexity index is 15.5. The van der Waals surface area contributed by atoms with E-state index in [0.29, 0.717) is 0 Å². The quantitative estimate of drug-likeness (QED) is 0.307. The Morgan fingerprint density at radius 2 is 0.909 bits per heavy atom. The summed E-state index contributed by atoms with van der Waals surface area (Å²) in [6.07, 6.45) is 4.56. The monoisotopic (exact) mass is 144 g/mol. The summed E-state index contributed by atoms with van der Waals surface area (Å²) in [5.41, 5.74) is 0. The third-order valence-electron chi connectivity index (χ3n) is 0.707. The summed E-state index contributed by atoms with van der Waals surface area (Å²) in [7, 11) is 0. The zero-order valence-corrected chi connectivity index (χ0v) is 8.24. The van der Waals surface area contributed by atoms with Crippen LogP contribution in [0.1, 0.15) is 47.0 Å². The van der Waals surface area contributed by atoms with Gasteiger partial charge in [-0.3, -0.25) is 0 Å². The van der Waals surface area contributed by atoms with E-state index >= 15 is 0 Å². The molecule has 11 heavy (non-hydrogen) atoms. The zero-order valence-electron chi connectivity index (χ0n) is 8.24. The average Bonchev–Trinajstić information content (AvgIpc) is 1.88. The van der Waals surface area contributed by atoms with Gasteiger partial charge in [0.05, 0.1) is 0 Å². The van der Waals surface area contributed by atoms with Crippen LogP contribution < -0.4 is 37.7 Å². The number of hydrogen-bond acceptors (Lipinski definition) is 0. The van der Waals surface area contributed by atoms with E-state index in [4.69, 9.17) is 0 Å². The molecule has 0 amide bonds. The summed E-state index contributed by atoms with van der Waals surface area (Å²) in [5, 5.41) is 0. The molecule has 0 aromatic carbocycles. The molecule has 0 bridgehead atoms. The van der Waals surface area contributed by atoms with E-state index in [2.05, 4.69) is 27.7 Å². The van der Waals surface area contributed by atoms with Crippen LogP contribution in [0.25, 0.3) is 0 Å². The first-order chi connectivity index (χ1) is 3.83. The van der Waals surface area contributed by atoms with Crippen molar-refractivity contribution in [2.45, 2.75) is 47.0 Å². The molecule has 0 saturated heterocycles. The van der Waals surface area contributed by atoms with Crippen LogP contribution in [0.2, 0.25) is 0 Å². The Hall–Kier alpha value is 1.19. The molecule has 0 radical (unpaired) electrons. The Balaban J connectivity index is -0.0000000171. The van der Waals surface area contributed by atoms with E-state index in [1.807, 2.05) is 0 Å². The molecule has 0 fully saturated rings. The van der Waals surface area contributed by atoms with Crippen molar-refractivity contribution in [1.82, 2.24) is 0 Å². The molecule has 0 atom stereocenters. The first-order valence-electron chi connectivity index (χ1n) is 3.41. The fraction of sp³-hybridized carbons (Fsp3) is 0.778. The minimum Gasteiger partial charge on any atom is -0.343 e. The second-order valence-electron chi connectivity index (χ2n) is 1.71. The fourth-order valence-corrected chi connectivity index (χ4v) is 0. The molecule has 0 aliphatic rings. The topological polar surface area (TPSA) is 0 Å². The van der Waals surface area contributed by atoms with E-state index in [1.165, 1.54) is 12.8 Å². The van der Waals surface area contributed by atoms with Gasteiger partial charge in [0, 0.05) is 0 Å². The Morgan fingerprint density at radius 1 is 0.818 bits per heavy atom. The summed E-state index contributed by atoms with van der Waals surface area (Å²) in [6.45, 7) is 11.4. The molecule has 0 nitrogen and oxygen atoms in total. The molecule has 0 aliphatic heterocycles. The van der Waals surface area contributed by atoms with Crippen molar-refractivity contribution in [1.29, 1.82) is 0 Å². The summed E-state index contributed by atoms with van der Waals surface area (Å²) in [4.78, 5) is 0. The van der Waals surface area contributed by atoms with Gasteiger partial charge in [0.15, 0.2) is 0 Å². The molecule has 0 aliphatic carbocycles. The van der Waals surface area contributed by atoms with Gasteiger partial charge < -0.3 is 13.8 Å². The molecular weight excluding hydrogens is 122 g/mol. The third-order valence-corrected chi connectivity index (χ3v) is 0.707. The zero-order chi connectivity index (χ0) is 6.83. The maximum Gasteiger partial charge on any atom is 1.00 e. The number of unbranched alkanes of at least 4 members (excludes halogenated alkanes) is 2. The van der Waals surface area contributed by atoms with Crippen molar-refractivity contribution in [3.63, 3.8) is 0 Å². The Labute approximate surface area is 98.3 Å². The van der Waals surface area contributed by atoms with Gasteiger partial charge in [0.2, 0.25) is 0 Å². The maximum atomic E-state index is 3.60. The van der Waals surface area contributed by atoms with Crippen LogP contribution in [0.5, 0.6) is 0 Å². The van der Waals surface area contributed by atoms with Gasteiger partial charge in [-0.05, 0) is 0 Å². The van der Waals surface area contributed by atoms with Crippen LogP contribution in [0.15, 0.2) is 0 Å². The first kappa shape index (κ1) is 29.5. The van der Waals surface area contributed by atoms with E-state index in [0.717, 1.165) is 12.8 Å². The van der Waals surface area contributed by atoms with Crippen molar-refractivity contribution < 1.29 is 37.7 Å². The molecule has 0 unspecified atom stereocenters. The van der Waals surface area contributed by atoms with Crippen molar-refractivity contribution in [3.05, 3.63) is 13.8 Å². The molecule has 0 aromatic heterocycles. The van der Waals surface area contributed by atoms with Crippen LogP contribution in [-0.2, 0) is 0 Å². The van der Waals surface area contributed by atoms with Gasteiger partial charge in [-0.15, -0.1) is 0 Å². The largest absolute Gasteiger partial charge is 1.00 e. The SMILES string of the molecule is C.[CH2-]CCC.[CH2-]CCC.[Li+].[Li+]. The molecule has 0 N–H and O–H groups in total. The maximum absolute atomic E-state index is 3.60. The molecule has 0 rings (SSSR count). The van der Waals surface area contributed by atoms with Gasteiger partial charge in [-0.2, -0.15) is 12.8 Å². The van der Waals surface area contributed by atoms with Crippen molar-refractivity contribution >= 4 is 0 Å². The van der Waals surface area contributed by atoms with E-state index in [-0.39, 0.29) is 45.1 Å². The third kappa shape index (κ3) is 92.7. The van der Waals surface area contributed by atoms with Crippen LogP contribution >= 0.6 is 0 Å². The van der Waals surface area contributed by atoms with Gasteiger partial charge in [0.25, 0.3) is 0 Å². The van der Waals surface area contributed by atoms with Crippen LogP contribution in [0.4, 0.5) is 0 Å². The van der Waals surface area contributed by atoms with Crippen molar-refractivity contribution in [2.24, 2.45) is 0 Å². The number of hydrogen-bond donors (Lipinski definition) is 0. The minimum absolute atomic E-state index is 0. The van der Waals surface area contributed by atoms with Gasteiger partial charge in [0.1, 0.15) is 0 Å². The molecular formula is C9H22Li2. The average molecular weight is 144 g/mol. The molecule has 2 heteroatoms. The van der Waals surface area contributed by atoms with E-state index in [1.54, 1.807) is 0 Å². The minimum atomic E-state index is 0. The normalized spacial score (nSPS) is 5.45. The summed E-state index contributed by atoms with van der Waals surface area (Å²) in [5.74, 6) is 0. The van der Waals surface area contributed by atoms with Gasteiger partial charge in [-0.1, -0.05) is 34.1 Å². The van der Waals surface area contributed by atoms with Crippen LogP contribution in [0.3, 0.4) is 0 Å². The molecule has 60 valence electrons. The first-order valence-corrected chi connectivity index (χ1v) is 3.41. The van der Waals surface area contributed by atoms with Gasteiger partial charge in [-0.25, -0.2) is 0 Å². The fourth-order valence-electron chi connectivity index (χ4n) is 0. The van der Waals surface area contributed by atoms with E-state index < -0.39 is 0 Å². The van der Waals surface area contributed by atoms with Gasteiger partial charge >= 0.3 is 37.7 Å². The second kappa shape index (κ2) is 43.1. The van der Waals surface area contributed by atoms with Crippen molar-refractivity contribution in [3.8, 4) is 0 Å². The summed E-state index contributed by atoms with van der Waals surface area (Å²) < 4.78 is 0. The second-order valence-corrected chi connectivity index (χ2v) is 1.71. The standard InChI is InChI=1S/2C4H9.CH4.2Li/c2*1-3-4-2;;;/h2*1,3-4H2,2H3;1H4;;/q2*-1;;2*+1. The van der Waals surface area contributed by atoms with Crippen LogP contribution in [-0.4, -0.2) is 0 Å². The Morgan fingerprint density at radius 3 is 0.909 bits per heavy atom. The molecule has 0 aromatic rings. The van der Waals surface area contributed by atoms with E-state index in [9.17, 15) is 0 Å². The molecule has 0 heterocycles.